The molecule has 0 aliphatic heterocycles. The smallest absolute Gasteiger partial charge is 0.116 e. The lowest BCUT2D eigenvalue weighted by molar-refractivity contribution is 0.477. The summed E-state index contributed by atoms with van der Waals surface area (Å²) in [7, 11) is 0. The van der Waals surface area contributed by atoms with Gasteiger partial charge in [0.05, 0.1) is 0 Å². The molecule has 1 N–H and O–H groups in total. The summed E-state index contributed by atoms with van der Waals surface area (Å²) in [5, 5.41) is 17.0. The molecule has 0 aliphatic rings. The number of phenolic OH excluding ortho intramolecular Hbond substituents is 1. The summed E-state index contributed by atoms with van der Waals surface area (Å²) in [4.78, 5) is 0. The molecule has 4 aromatic rings. The Balaban J connectivity index is 2.26. The number of hydrogen-bond acceptors (Lipinski definition) is 1. The number of rotatable bonds is 1. The van der Waals surface area contributed by atoms with Crippen LogP contribution in [0.15, 0.2) is 54.6 Å². The van der Waals surface area contributed by atoms with Gasteiger partial charge in [0, 0.05) is 0 Å². The second-order valence-corrected chi connectivity index (χ2v) is 5.24. The van der Waals surface area contributed by atoms with Crippen LogP contribution in [0.5, 0.6) is 5.75 Å². The maximum absolute atomic E-state index is 9.81. The standard InChI is InChI=1S/C19H14O/c1-2-3-12-8-13-4-6-15-10-17(20)11-16-7-5-14(9-12)18(13)19(15)16/h2-11,20H,1H3. The van der Waals surface area contributed by atoms with Crippen molar-refractivity contribution in [1.29, 1.82) is 0 Å². The van der Waals surface area contributed by atoms with Crippen LogP contribution in [0.1, 0.15) is 12.5 Å². The van der Waals surface area contributed by atoms with Gasteiger partial charge >= 0.3 is 0 Å². The van der Waals surface area contributed by atoms with Gasteiger partial charge in [0.1, 0.15) is 5.75 Å². The molecule has 0 heterocycles. The molecule has 0 bridgehead atoms. The first-order chi connectivity index (χ1) is 9.76. The van der Waals surface area contributed by atoms with Gasteiger partial charge in [-0.05, 0) is 69.1 Å². The Bertz CT molecular complexity index is 897. The van der Waals surface area contributed by atoms with Crippen molar-refractivity contribution in [3.05, 3.63) is 60.2 Å². The second-order valence-electron chi connectivity index (χ2n) is 5.24. The second kappa shape index (κ2) is 3.97. The van der Waals surface area contributed by atoms with Crippen LogP contribution in [0.4, 0.5) is 0 Å². The van der Waals surface area contributed by atoms with E-state index in [0.29, 0.717) is 5.75 Å². The predicted octanol–water partition coefficient (Wildman–Crippen LogP) is 5.32. The van der Waals surface area contributed by atoms with Gasteiger partial charge in [-0.15, -0.1) is 0 Å². The van der Waals surface area contributed by atoms with Crippen molar-refractivity contribution in [2.24, 2.45) is 0 Å². The van der Waals surface area contributed by atoms with E-state index in [1.54, 1.807) is 0 Å². The minimum atomic E-state index is 0.325. The summed E-state index contributed by atoms with van der Waals surface area (Å²) in [5.74, 6) is 0.325. The van der Waals surface area contributed by atoms with Crippen LogP contribution in [0.25, 0.3) is 38.4 Å². The Kier molecular flexibility index (Phi) is 2.25. The first-order valence-corrected chi connectivity index (χ1v) is 6.80. The third kappa shape index (κ3) is 1.50. The van der Waals surface area contributed by atoms with Crippen LogP contribution >= 0.6 is 0 Å². The fourth-order valence-corrected chi connectivity index (χ4v) is 3.13. The molecule has 4 aromatic carbocycles. The maximum Gasteiger partial charge on any atom is 0.116 e. The lowest BCUT2D eigenvalue weighted by Crippen LogP contribution is -1.85. The molecule has 4 rings (SSSR count). The molecule has 0 saturated carbocycles. The van der Waals surface area contributed by atoms with E-state index in [1.807, 2.05) is 19.1 Å². The maximum atomic E-state index is 9.81. The van der Waals surface area contributed by atoms with E-state index >= 15 is 0 Å². The normalized spacial score (nSPS) is 12.2. The molecular weight excluding hydrogens is 244 g/mol. The summed E-state index contributed by atoms with van der Waals surface area (Å²) in [6.45, 7) is 2.03. The number of benzene rings is 4. The molecule has 0 saturated heterocycles. The number of allylic oxidation sites excluding steroid dienone is 1. The third-order valence-electron chi connectivity index (χ3n) is 3.90. The monoisotopic (exact) mass is 258 g/mol. The first-order valence-electron chi connectivity index (χ1n) is 6.80. The van der Waals surface area contributed by atoms with E-state index in [0.717, 1.165) is 10.8 Å². The molecule has 0 aliphatic carbocycles. The molecule has 1 nitrogen and oxygen atoms in total. The zero-order valence-corrected chi connectivity index (χ0v) is 11.2. The molecule has 20 heavy (non-hydrogen) atoms. The first kappa shape index (κ1) is 11.3. The summed E-state index contributed by atoms with van der Waals surface area (Å²) in [6.07, 6.45) is 4.19. The van der Waals surface area contributed by atoms with Crippen LogP contribution in [0, 0.1) is 0 Å². The fraction of sp³-hybridized carbons (Fsp3) is 0.0526. The Morgan fingerprint density at radius 3 is 1.65 bits per heavy atom. The van der Waals surface area contributed by atoms with E-state index in [9.17, 15) is 5.11 Å². The summed E-state index contributed by atoms with van der Waals surface area (Å²) >= 11 is 0. The summed E-state index contributed by atoms with van der Waals surface area (Å²) in [6, 6.07) is 16.5. The summed E-state index contributed by atoms with van der Waals surface area (Å²) in [5.41, 5.74) is 1.22. The molecule has 0 amide bonds. The molecular formula is C19H14O. The average molecular weight is 258 g/mol. The van der Waals surface area contributed by atoms with Crippen LogP contribution in [-0.4, -0.2) is 5.11 Å². The topological polar surface area (TPSA) is 20.2 Å². The van der Waals surface area contributed by atoms with E-state index < -0.39 is 0 Å². The van der Waals surface area contributed by atoms with Gasteiger partial charge in [0.15, 0.2) is 0 Å². The third-order valence-corrected chi connectivity index (χ3v) is 3.90. The molecule has 0 unspecified atom stereocenters. The molecule has 0 radical (unpaired) electrons. The highest BCUT2D eigenvalue weighted by Crippen LogP contribution is 2.37. The van der Waals surface area contributed by atoms with Crippen molar-refractivity contribution >= 4 is 38.4 Å². The largest absolute Gasteiger partial charge is 0.508 e. The van der Waals surface area contributed by atoms with Gasteiger partial charge in [0.2, 0.25) is 0 Å². The fourth-order valence-electron chi connectivity index (χ4n) is 3.13. The molecule has 1 heteroatoms. The van der Waals surface area contributed by atoms with Crippen molar-refractivity contribution in [2.45, 2.75) is 6.92 Å². The van der Waals surface area contributed by atoms with E-state index in [4.69, 9.17) is 0 Å². The van der Waals surface area contributed by atoms with Crippen LogP contribution < -0.4 is 0 Å². The van der Waals surface area contributed by atoms with Gasteiger partial charge in [-0.25, -0.2) is 0 Å². The molecule has 0 spiro atoms. The minimum absolute atomic E-state index is 0.325. The van der Waals surface area contributed by atoms with E-state index in [-0.39, 0.29) is 0 Å². The van der Waals surface area contributed by atoms with Crippen molar-refractivity contribution in [3.63, 3.8) is 0 Å². The lowest BCUT2D eigenvalue weighted by atomic mass is 9.92. The zero-order chi connectivity index (χ0) is 13.7. The molecule has 0 fully saturated rings. The van der Waals surface area contributed by atoms with Crippen LogP contribution in [-0.2, 0) is 0 Å². The SMILES string of the molecule is CC=Cc1cc2ccc3cc(O)cc4ccc(c1)c2c34. The Hall–Kier alpha value is -2.54. The molecule has 96 valence electrons. The Morgan fingerprint density at radius 2 is 1.20 bits per heavy atom. The predicted molar refractivity (Wildman–Crippen MR) is 86.5 cm³/mol. The van der Waals surface area contributed by atoms with Crippen molar-refractivity contribution in [1.82, 2.24) is 0 Å². The highest BCUT2D eigenvalue weighted by molar-refractivity contribution is 6.23. The van der Waals surface area contributed by atoms with Gasteiger partial charge < -0.3 is 5.11 Å². The Morgan fingerprint density at radius 1 is 0.750 bits per heavy atom. The highest BCUT2D eigenvalue weighted by atomic mass is 16.3. The van der Waals surface area contributed by atoms with Gasteiger partial charge in [-0.3, -0.25) is 0 Å². The van der Waals surface area contributed by atoms with Crippen LogP contribution in [0.2, 0.25) is 0 Å². The zero-order valence-electron chi connectivity index (χ0n) is 11.2. The van der Waals surface area contributed by atoms with E-state index in [2.05, 4.69) is 48.6 Å². The Labute approximate surface area is 117 Å². The number of phenols is 1. The van der Waals surface area contributed by atoms with Crippen molar-refractivity contribution < 1.29 is 5.11 Å². The van der Waals surface area contributed by atoms with Gasteiger partial charge in [-0.2, -0.15) is 0 Å². The molecule has 0 aromatic heterocycles. The van der Waals surface area contributed by atoms with Crippen molar-refractivity contribution in [2.75, 3.05) is 0 Å². The number of hydrogen-bond donors (Lipinski definition) is 1. The quantitative estimate of drug-likeness (QED) is 0.458. The average Bonchev–Trinajstić information content (AvgIpc) is 2.44. The van der Waals surface area contributed by atoms with E-state index in [1.165, 1.54) is 27.1 Å². The van der Waals surface area contributed by atoms with Crippen molar-refractivity contribution in [3.8, 4) is 5.75 Å². The lowest BCUT2D eigenvalue weighted by Gasteiger charge is -2.12. The number of aromatic hydroxyl groups is 1. The molecule has 0 atom stereocenters. The van der Waals surface area contributed by atoms with Crippen LogP contribution in [0.3, 0.4) is 0 Å². The highest BCUT2D eigenvalue weighted by Gasteiger charge is 2.09. The van der Waals surface area contributed by atoms with Gasteiger partial charge in [-0.1, -0.05) is 36.4 Å². The van der Waals surface area contributed by atoms with Gasteiger partial charge in [0.25, 0.3) is 0 Å². The summed E-state index contributed by atoms with van der Waals surface area (Å²) < 4.78 is 0. The minimum Gasteiger partial charge on any atom is -0.508 e.